The summed E-state index contributed by atoms with van der Waals surface area (Å²) in [6, 6.07) is 13.1. The first kappa shape index (κ1) is 21.0. The summed E-state index contributed by atoms with van der Waals surface area (Å²) >= 11 is 0. The maximum atomic E-state index is 12.5. The normalized spacial score (nSPS) is 24.3. The third-order valence-corrected chi connectivity index (χ3v) is 5.13. The van der Waals surface area contributed by atoms with Gasteiger partial charge < -0.3 is 23.7 Å². The van der Waals surface area contributed by atoms with Crippen molar-refractivity contribution in [3.63, 3.8) is 0 Å². The molecule has 4 rings (SSSR count). The molecule has 0 aromatic heterocycles. The van der Waals surface area contributed by atoms with Gasteiger partial charge in [0, 0.05) is 6.92 Å². The fraction of sp³-hybridized carbons (Fsp3) is 0.348. The zero-order valence-electron chi connectivity index (χ0n) is 17.1. The summed E-state index contributed by atoms with van der Waals surface area (Å²) in [6.45, 7) is 3.61. The molecule has 2 fully saturated rings. The molecule has 0 saturated carbocycles. The largest absolute Gasteiger partial charge is 0.457 e. The van der Waals surface area contributed by atoms with Crippen LogP contribution in [0.1, 0.15) is 33.2 Å². The highest BCUT2D eigenvalue weighted by Gasteiger charge is 2.51. The van der Waals surface area contributed by atoms with Crippen molar-refractivity contribution in [2.24, 2.45) is 0 Å². The Morgan fingerprint density at radius 1 is 0.774 bits per heavy atom. The number of benzene rings is 2. The second kappa shape index (κ2) is 8.87. The van der Waals surface area contributed by atoms with Crippen LogP contribution in [0.3, 0.4) is 0 Å². The highest BCUT2D eigenvalue weighted by molar-refractivity contribution is 5.92. The molecular formula is C23H22O8. The number of carbonyl (C=O) groups excluding carboxylic acids is 3. The molecule has 2 aromatic rings. The summed E-state index contributed by atoms with van der Waals surface area (Å²) in [5, 5.41) is 0. The van der Waals surface area contributed by atoms with E-state index in [0.29, 0.717) is 16.9 Å². The molecule has 8 heteroatoms. The van der Waals surface area contributed by atoms with Gasteiger partial charge >= 0.3 is 17.9 Å². The van der Waals surface area contributed by atoms with Gasteiger partial charge in [0.2, 0.25) is 0 Å². The number of carbonyl (C=O) groups is 3. The summed E-state index contributed by atoms with van der Waals surface area (Å²) < 4.78 is 27.3. The van der Waals surface area contributed by atoms with Crippen LogP contribution in [0.25, 0.3) is 0 Å². The number of rotatable bonds is 5. The van der Waals surface area contributed by atoms with Crippen LogP contribution in [0.15, 0.2) is 48.5 Å². The zero-order chi connectivity index (χ0) is 22.0. The number of hydrogen-bond donors (Lipinski definition) is 0. The van der Waals surface area contributed by atoms with Gasteiger partial charge in [-0.3, -0.25) is 4.79 Å². The highest BCUT2D eigenvalue weighted by Crippen LogP contribution is 2.31. The lowest BCUT2D eigenvalue weighted by atomic mass is 10.1. The van der Waals surface area contributed by atoms with Crippen LogP contribution in [0.5, 0.6) is 5.75 Å². The summed E-state index contributed by atoms with van der Waals surface area (Å²) in [6.07, 6.45) is -2.04. The molecule has 0 N–H and O–H groups in total. The van der Waals surface area contributed by atoms with Crippen LogP contribution < -0.4 is 4.74 Å². The Balaban J connectivity index is 1.33. The van der Waals surface area contributed by atoms with Crippen LogP contribution in [0.4, 0.5) is 0 Å². The minimum absolute atomic E-state index is 0.158. The lowest BCUT2D eigenvalue weighted by Crippen LogP contribution is -2.35. The zero-order valence-corrected chi connectivity index (χ0v) is 17.1. The molecule has 31 heavy (non-hydrogen) atoms. The van der Waals surface area contributed by atoms with Gasteiger partial charge in [-0.2, -0.15) is 0 Å². The Morgan fingerprint density at radius 2 is 1.29 bits per heavy atom. The molecule has 2 aliphatic heterocycles. The monoisotopic (exact) mass is 426 g/mol. The van der Waals surface area contributed by atoms with E-state index in [2.05, 4.69) is 0 Å². The van der Waals surface area contributed by atoms with Crippen molar-refractivity contribution in [3.8, 4) is 5.75 Å². The standard InChI is InChI=1S/C23H22O8/c1-13-3-5-15(6-4-13)22(25)30-17-9-7-16(8-10-17)23(26)31-19-12-28-20-18(29-14(2)24)11-27-21(19)20/h3-10,18-21H,11-12H2,1-2H3. The van der Waals surface area contributed by atoms with E-state index in [0.717, 1.165) is 5.56 Å². The number of esters is 3. The first-order valence-corrected chi connectivity index (χ1v) is 9.91. The molecule has 2 saturated heterocycles. The SMILES string of the molecule is CC(=O)OC1COC2C(OC(=O)c3ccc(OC(=O)c4ccc(C)cc4)cc3)COC12. The lowest BCUT2D eigenvalue weighted by Gasteiger charge is -2.17. The molecule has 2 aliphatic rings. The van der Waals surface area contributed by atoms with E-state index in [-0.39, 0.29) is 13.2 Å². The highest BCUT2D eigenvalue weighted by atomic mass is 16.7. The van der Waals surface area contributed by atoms with Crippen molar-refractivity contribution < 1.29 is 38.1 Å². The fourth-order valence-corrected chi connectivity index (χ4v) is 3.56. The van der Waals surface area contributed by atoms with E-state index in [4.69, 9.17) is 23.7 Å². The summed E-state index contributed by atoms with van der Waals surface area (Å²) in [5.74, 6) is -1.13. The molecule has 0 aliphatic carbocycles. The Labute approximate surface area is 179 Å². The Bertz CT molecular complexity index is 966. The Hall–Kier alpha value is -3.23. The van der Waals surface area contributed by atoms with E-state index in [9.17, 15) is 14.4 Å². The number of fused-ring (bicyclic) bond motifs is 1. The van der Waals surface area contributed by atoms with Crippen LogP contribution >= 0.6 is 0 Å². The van der Waals surface area contributed by atoms with Crippen LogP contribution in [0, 0.1) is 6.92 Å². The average Bonchev–Trinajstić information content (AvgIpc) is 3.32. The predicted octanol–water partition coefficient (Wildman–Crippen LogP) is 2.47. The minimum Gasteiger partial charge on any atom is -0.457 e. The molecule has 0 spiro atoms. The van der Waals surface area contributed by atoms with Gasteiger partial charge in [0.1, 0.15) is 18.0 Å². The molecule has 0 amide bonds. The minimum atomic E-state index is -0.600. The van der Waals surface area contributed by atoms with Crippen molar-refractivity contribution in [1.29, 1.82) is 0 Å². The van der Waals surface area contributed by atoms with Gasteiger partial charge in [-0.05, 0) is 43.3 Å². The van der Waals surface area contributed by atoms with E-state index < -0.39 is 42.3 Å². The van der Waals surface area contributed by atoms with E-state index >= 15 is 0 Å². The summed E-state index contributed by atoms with van der Waals surface area (Å²) in [4.78, 5) is 35.9. The van der Waals surface area contributed by atoms with E-state index in [1.54, 1.807) is 12.1 Å². The van der Waals surface area contributed by atoms with Crippen LogP contribution in [-0.4, -0.2) is 55.5 Å². The topological polar surface area (TPSA) is 97.4 Å². The van der Waals surface area contributed by atoms with Gasteiger partial charge in [-0.15, -0.1) is 0 Å². The fourth-order valence-electron chi connectivity index (χ4n) is 3.56. The lowest BCUT2D eigenvalue weighted by molar-refractivity contribution is -0.151. The van der Waals surface area contributed by atoms with Gasteiger partial charge in [0.25, 0.3) is 0 Å². The average molecular weight is 426 g/mol. The second-order valence-corrected chi connectivity index (χ2v) is 7.47. The van der Waals surface area contributed by atoms with Gasteiger partial charge in [-0.25, -0.2) is 9.59 Å². The first-order chi connectivity index (χ1) is 14.9. The maximum Gasteiger partial charge on any atom is 0.343 e. The van der Waals surface area contributed by atoms with E-state index in [1.807, 2.05) is 19.1 Å². The number of aryl methyl sites for hydroxylation is 1. The third kappa shape index (κ3) is 4.76. The second-order valence-electron chi connectivity index (χ2n) is 7.47. The van der Waals surface area contributed by atoms with Gasteiger partial charge in [0.05, 0.1) is 24.3 Å². The molecule has 2 heterocycles. The molecule has 4 atom stereocenters. The smallest absolute Gasteiger partial charge is 0.343 e. The van der Waals surface area contributed by atoms with Crippen molar-refractivity contribution in [2.75, 3.05) is 13.2 Å². The molecule has 2 aromatic carbocycles. The third-order valence-electron chi connectivity index (χ3n) is 5.13. The van der Waals surface area contributed by atoms with Gasteiger partial charge in [-0.1, -0.05) is 17.7 Å². The molecule has 4 unspecified atom stereocenters. The Morgan fingerprint density at radius 3 is 1.87 bits per heavy atom. The van der Waals surface area contributed by atoms with E-state index in [1.165, 1.54) is 31.2 Å². The molecular weight excluding hydrogens is 404 g/mol. The van der Waals surface area contributed by atoms with Crippen LogP contribution in [0.2, 0.25) is 0 Å². The molecule has 0 bridgehead atoms. The number of hydrogen-bond acceptors (Lipinski definition) is 8. The quantitative estimate of drug-likeness (QED) is 0.531. The summed E-state index contributed by atoms with van der Waals surface area (Å²) in [5.41, 5.74) is 1.78. The molecule has 162 valence electrons. The first-order valence-electron chi connectivity index (χ1n) is 9.91. The van der Waals surface area contributed by atoms with Crippen LogP contribution in [-0.2, 0) is 23.7 Å². The maximum absolute atomic E-state index is 12.5. The van der Waals surface area contributed by atoms with Crippen molar-refractivity contribution in [2.45, 2.75) is 38.3 Å². The number of ether oxygens (including phenoxy) is 5. The summed E-state index contributed by atoms with van der Waals surface area (Å²) in [7, 11) is 0. The Kier molecular flexibility index (Phi) is 6.01. The molecule has 8 nitrogen and oxygen atoms in total. The van der Waals surface area contributed by atoms with Gasteiger partial charge in [0.15, 0.2) is 12.2 Å². The predicted molar refractivity (Wildman–Crippen MR) is 107 cm³/mol. The van der Waals surface area contributed by atoms with Crippen molar-refractivity contribution >= 4 is 17.9 Å². The van der Waals surface area contributed by atoms with Crippen molar-refractivity contribution in [3.05, 3.63) is 65.2 Å². The van der Waals surface area contributed by atoms with Crippen molar-refractivity contribution in [1.82, 2.24) is 0 Å². The molecule has 0 radical (unpaired) electrons.